The summed E-state index contributed by atoms with van der Waals surface area (Å²) in [4.78, 5) is -0.0957. The van der Waals surface area contributed by atoms with Crippen molar-refractivity contribution in [3.05, 3.63) is 29.8 Å². The number of sulfonamides is 1. The van der Waals surface area contributed by atoms with Gasteiger partial charge in [0, 0.05) is 13.1 Å². The Morgan fingerprint density at radius 3 is 2.00 bits per heavy atom. The average Bonchev–Trinajstić information content (AvgIpc) is 2.46. The van der Waals surface area contributed by atoms with E-state index in [9.17, 15) is 21.6 Å². The first-order valence-corrected chi connectivity index (χ1v) is 8.71. The molecule has 0 saturated heterocycles. The molecular weight excluding hydrogens is 315 g/mol. The van der Waals surface area contributed by atoms with E-state index in [-0.39, 0.29) is 10.9 Å². The second-order valence-corrected chi connectivity index (χ2v) is 7.95. The minimum atomic E-state index is -4.46. The van der Waals surface area contributed by atoms with Crippen LogP contribution < -0.4 is 0 Å². The summed E-state index contributed by atoms with van der Waals surface area (Å²) in [6.07, 6.45) is -0.947. The van der Waals surface area contributed by atoms with Crippen molar-refractivity contribution in [3.63, 3.8) is 0 Å². The minimum absolute atomic E-state index is 0.0801. The standard InChI is InChI=1S/C15H20F3NO2S/c1-11-3-7-13(8-4-11)19(2)22(20,21)14-9-5-12(6-10-14)15(16,17)18/h5-6,9-11,13H,3-4,7-8H2,1-2H3. The van der Waals surface area contributed by atoms with Gasteiger partial charge in [-0.2, -0.15) is 17.5 Å². The number of halogens is 3. The maximum Gasteiger partial charge on any atom is 0.416 e. The van der Waals surface area contributed by atoms with E-state index < -0.39 is 21.8 Å². The number of alkyl halides is 3. The normalized spacial score (nSPS) is 23.7. The van der Waals surface area contributed by atoms with Gasteiger partial charge in [0.05, 0.1) is 10.5 Å². The maximum atomic E-state index is 12.5. The summed E-state index contributed by atoms with van der Waals surface area (Å²) in [5.41, 5.74) is -0.847. The highest BCUT2D eigenvalue weighted by Crippen LogP contribution is 2.32. The Labute approximate surface area is 129 Å². The average molecular weight is 335 g/mol. The van der Waals surface area contributed by atoms with Crippen LogP contribution >= 0.6 is 0 Å². The SMILES string of the molecule is CC1CCC(N(C)S(=O)(=O)c2ccc(C(F)(F)F)cc2)CC1. The summed E-state index contributed by atoms with van der Waals surface area (Å²) < 4.78 is 64.0. The van der Waals surface area contributed by atoms with Gasteiger partial charge in [-0.05, 0) is 55.9 Å². The van der Waals surface area contributed by atoms with Crippen molar-refractivity contribution in [1.82, 2.24) is 4.31 Å². The second-order valence-electron chi connectivity index (χ2n) is 5.96. The Kier molecular flexibility index (Phi) is 4.87. The number of rotatable bonds is 3. The Hall–Kier alpha value is -1.08. The molecule has 22 heavy (non-hydrogen) atoms. The molecule has 1 fully saturated rings. The minimum Gasteiger partial charge on any atom is -0.207 e. The Morgan fingerprint density at radius 1 is 1.05 bits per heavy atom. The van der Waals surface area contributed by atoms with Crippen molar-refractivity contribution < 1.29 is 21.6 Å². The lowest BCUT2D eigenvalue weighted by Gasteiger charge is -2.32. The summed E-state index contributed by atoms with van der Waals surface area (Å²) in [7, 11) is -2.24. The quantitative estimate of drug-likeness (QED) is 0.840. The zero-order valence-electron chi connectivity index (χ0n) is 12.6. The van der Waals surface area contributed by atoms with Crippen LogP contribution in [0.25, 0.3) is 0 Å². The highest BCUT2D eigenvalue weighted by atomic mass is 32.2. The van der Waals surface area contributed by atoms with Gasteiger partial charge in [-0.15, -0.1) is 0 Å². The van der Waals surface area contributed by atoms with Gasteiger partial charge in [-0.25, -0.2) is 8.42 Å². The summed E-state index contributed by atoms with van der Waals surface area (Å²) in [5.74, 6) is 0.596. The zero-order valence-corrected chi connectivity index (χ0v) is 13.4. The molecule has 0 aliphatic heterocycles. The van der Waals surface area contributed by atoms with E-state index in [0.29, 0.717) is 5.92 Å². The molecule has 1 aromatic rings. The topological polar surface area (TPSA) is 37.4 Å². The van der Waals surface area contributed by atoms with Crippen LogP contribution in [-0.4, -0.2) is 25.8 Å². The molecule has 0 spiro atoms. The van der Waals surface area contributed by atoms with Gasteiger partial charge in [0.15, 0.2) is 0 Å². The first kappa shape index (κ1) is 17.3. The lowest BCUT2D eigenvalue weighted by Crippen LogP contribution is -2.39. The smallest absolute Gasteiger partial charge is 0.207 e. The number of hydrogen-bond donors (Lipinski definition) is 0. The molecule has 7 heteroatoms. The van der Waals surface area contributed by atoms with Gasteiger partial charge in [0.1, 0.15) is 0 Å². The van der Waals surface area contributed by atoms with E-state index in [1.165, 1.54) is 11.4 Å². The first-order chi connectivity index (χ1) is 10.1. The molecule has 0 bridgehead atoms. The van der Waals surface area contributed by atoms with E-state index in [2.05, 4.69) is 6.92 Å². The van der Waals surface area contributed by atoms with E-state index in [4.69, 9.17) is 0 Å². The molecule has 2 rings (SSSR count). The molecule has 0 heterocycles. The largest absolute Gasteiger partial charge is 0.416 e. The van der Waals surface area contributed by atoms with Crippen LogP contribution in [0.1, 0.15) is 38.2 Å². The molecular formula is C15H20F3NO2S. The third-order valence-electron chi connectivity index (χ3n) is 4.36. The zero-order chi connectivity index (χ0) is 16.5. The lowest BCUT2D eigenvalue weighted by atomic mass is 9.87. The molecule has 0 radical (unpaired) electrons. The molecule has 3 nitrogen and oxygen atoms in total. The van der Waals surface area contributed by atoms with E-state index in [1.54, 1.807) is 0 Å². The third-order valence-corrected chi connectivity index (χ3v) is 6.28. The van der Waals surface area contributed by atoms with Crippen molar-refractivity contribution in [3.8, 4) is 0 Å². The molecule has 1 saturated carbocycles. The van der Waals surface area contributed by atoms with Gasteiger partial charge >= 0.3 is 6.18 Å². The van der Waals surface area contributed by atoms with Crippen LogP contribution in [0, 0.1) is 5.92 Å². The maximum absolute atomic E-state index is 12.5. The molecule has 124 valence electrons. The molecule has 1 aliphatic rings. The van der Waals surface area contributed by atoms with Crippen molar-refractivity contribution in [2.75, 3.05) is 7.05 Å². The highest BCUT2D eigenvalue weighted by molar-refractivity contribution is 7.89. The van der Waals surface area contributed by atoms with Crippen molar-refractivity contribution in [2.24, 2.45) is 5.92 Å². The van der Waals surface area contributed by atoms with Crippen LogP contribution in [0.3, 0.4) is 0 Å². The summed E-state index contributed by atoms with van der Waals surface area (Å²) >= 11 is 0. The fourth-order valence-electron chi connectivity index (χ4n) is 2.78. The van der Waals surface area contributed by atoms with Crippen LogP contribution in [0.4, 0.5) is 13.2 Å². The van der Waals surface area contributed by atoms with Crippen molar-refractivity contribution in [2.45, 2.75) is 49.7 Å². The Morgan fingerprint density at radius 2 is 1.55 bits per heavy atom. The van der Waals surface area contributed by atoms with Gasteiger partial charge in [-0.1, -0.05) is 6.92 Å². The van der Waals surface area contributed by atoms with Gasteiger partial charge in [0.2, 0.25) is 10.0 Å². The molecule has 1 aliphatic carbocycles. The van der Waals surface area contributed by atoms with E-state index in [0.717, 1.165) is 49.9 Å². The molecule has 0 unspecified atom stereocenters. The van der Waals surface area contributed by atoms with Crippen LogP contribution in [0.5, 0.6) is 0 Å². The van der Waals surface area contributed by atoms with E-state index in [1.807, 2.05) is 0 Å². The monoisotopic (exact) mass is 335 g/mol. The predicted octanol–water partition coefficient (Wildman–Crippen LogP) is 3.90. The van der Waals surface area contributed by atoms with Crippen molar-refractivity contribution in [1.29, 1.82) is 0 Å². The molecule has 1 aromatic carbocycles. The van der Waals surface area contributed by atoms with Gasteiger partial charge < -0.3 is 0 Å². The second kappa shape index (κ2) is 6.20. The first-order valence-electron chi connectivity index (χ1n) is 7.27. The summed E-state index contributed by atoms with van der Waals surface area (Å²) in [6, 6.07) is 3.59. The van der Waals surface area contributed by atoms with Crippen LogP contribution in [0.15, 0.2) is 29.2 Å². The summed E-state index contributed by atoms with van der Waals surface area (Å²) in [6.45, 7) is 2.14. The fourth-order valence-corrected chi connectivity index (χ4v) is 4.20. The third kappa shape index (κ3) is 3.63. The molecule has 0 amide bonds. The predicted molar refractivity (Wildman–Crippen MR) is 77.8 cm³/mol. The number of hydrogen-bond acceptors (Lipinski definition) is 2. The number of nitrogens with zero attached hydrogens (tertiary/aromatic N) is 1. The van der Waals surface area contributed by atoms with Crippen LogP contribution in [-0.2, 0) is 16.2 Å². The van der Waals surface area contributed by atoms with Crippen molar-refractivity contribution >= 4 is 10.0 Å². The lowest BCUT2D eigenvalue weighted by molar-refractivity contribution is -0.137. The van der Waals surface area contributed by atoms with Gasteiger partial charge in [-0.3, -0.25) is 0 Å². The molecule has 0 N–H and O–H groups in total. The fraction of sp³-hybridized carbons (Fsp3) is 0.600. The molecule has 0 atom stereocenters. The Bertz CT molecular complexity index is 603. The summed E-state index contributed by atoms with van der Waals surface area (Å²) in [5, 5.41) is 0. The van der Waals surface area contributed by atoms with Gasteiger partial charge in [0.25, 0.3) is 0 Å². The Balaban J connectivity index is 2.19. The molecule has 0 aromatic heterocycles. The highest BCUT2D eigenvalue weighted by Gasteiger charge is 2.33. The van der Waals surface area contributed by atoms with Crippen LogP contribution in [0.2, 0.25) is 0 Å². The number of benzene rings is 1. The van der Waals surface area contributed by atoms with E-state index >= 15 is 0 Å².